The van der Waals surface area contributed by atoms with E-state index in [1.165, 1.54) is 0 Å². The molecular formula is C28H31ClN2O4. The van der Waals surface area contributed by atoms with E-state index in [4.69, 9.17) is 21.1 Å². The first-order chi connectivity index (χ1) is 16.9. The minimum Gasteiger partial charge on any atom is -0.497 e. The molecule has 0 radical (unpaired) electrons. The van der Waals surface area contributed by atoms with E-state index in [9.17, 15) is 9.59 Å². The quantitative estimate of drug-likeness (QED) is 0.394. The van der Waals surface area contributed by atoms with E-state index in [0.717, 1.165) is 5.56 Å². The topological polar surface area (TPSA) is 67.9 Å². The normalized spacial score (nSPS) is 11.6. The molecule has 6 nitrogen and oxygen atoms in total. The van der Waals surface area contributed by atoms with Gasteiger partial charge in [-0.3, -0.25) is 9.59 Å². The lowest BCUT2D eigenvalue weighted by Gasteiger charge is -2.32. The Bertz CT molecular complexity index is 1100. The number of hydrogen-bond donors (Lipinski definition) is 1. The second kappa shape index (κ2) is 12.8. The van der Waals surface area contributed by atoms with Gasteiger partial charge in [-0.2, -0.15) is 0 Å². The Kier molecular flexibility index (Phi) is 9.56. The molecule has 184 valence electrons. The third kappa shape index (κ3) is 7.49. The number of para-hydroxylation sites is 1. The van der Waals surface area contributed by atoms with E-state index in [1.54, 1.807) is 36.3 Å². The van der Waals surface area contributed by atoms with Crippen LogP contribution in [0.1, 0.15) is 31.0 Å². The lowest BCUT2D eigenvalue weighted by molar-refractivity contribution is -0.143. The minimum atomic E-state index is -0.834. The molecule has 7 heteroatoms. The summed E-state index contributed by atoms with van der Waals surface area (Å²) in [5.41, 5.74) is 1.57. The second-order valence-corrected chi connectivity index (χ2v) is 8.95. The molecule has 1 N–H and O–H groups in total. The van der Waals surface area contributed by atoms with Gasteiger partial charge in [0.25, 0.3) is 5.91 Å². The maximum absolute atomic E-state index is 13.6. The summed E-state index contributed by atoms with van der Waals surface area (Å²) in [7, 11) is 1.60. The van der Waals surface area contributed by atoms with Gasteiger partial charge in [0.2, 0.25) is 5.91 Å². The van der Waals surface area contributed by atoms with E-state index >= 15 is 0 Å². The van der Waals surface area contributed by atoms with Crippen LogP contribution in [-0.4, -0.2) is 37.0 Å². The van der Waals surface area contributed by atoms with E-state index in [-0.39, 0.29) is 30.9 Å². The molecule has 0 fully saturated rings. The van der Waals surface area contributed by atoms with Crippen molar-refractivity contribution in [1.29, 1.82) is 0 Å². The number of halogens is 1. The van der Waals surface area contributed by atoms with Gasteiger partial charge in [0.15, 0.2) is 6.61 Å². The lowest BCUT2D eigenvalue weighted by Crippen LogP contribution is -2.45. The standard InChI is InChI=1S/C28H31ClN2O4/c1-20(2)17-30-28(33)27(22-9-5-4-6-10-22)31(18-21-13-15-23(34-3)16-14-21)26(32)19-35-25-12-8-7-11-24(25)29/h4-16,20,27H,17-19H2,1-3H3,(H,30,33)/t27-/m1/s1. The average Bonchev–Trinajstić information content (AvgIpc) is 2.87. The van der Waals surface area contributed by atoms with Crippen LogP contribution in [0, 0.1) is 5.92 Å². The molecule has 0 heterocycles. The van der Waals surface area contributed by atoms with Crippen molar-refractivity contribution >= 4 is 23.4 Å². The van der Waals surface area contributed by atoms with Gasteiger partial charge in [-0.1, -0.05) is 80.0 Å². The summed E-state index contributed by atoms with van der Waals surface area (Å²) < 4.78 is 11.0. The Balaban J connectivity index is 1.93. The van der Waals surface area contributed by atoms with Crippen LogP contribution >= 0.6 is 11.6 Å². The predicted molar refractivity (Wildman–Crippen MR) is 138 cm³/mol. The lowest BCUT2D eigenvalue weighted by atomic mass is 10.0. The molecule has 2 amide bonds. The number of benzene rings is 3. The molecule has 0 bridgehead atoms. The third-order valence-electron chi connectivity index (χ3n) is 5.38. The summed E-state index contributed by atoms with van der Waals surface area (Å²) in [4.78, 5) is 28.5. The molecule has 0 saturated heterocycles. The molecule has 0 spiro atoms. The first-order valence-electron chi connectivity index (χ1n) is 11.5. The van der Waals surface area contributed by atoms with Gasteiger partial charge >= 0.3 is 0 Å². The van der Waals surface area contributed by atoms with Crippen LogP contribution in [0.2, 0.25) is 5.02 Å². The second-order valence-electron chi connectivity index (χ2n) is 8.54. The van der Waals surface area contributed by atoms with Crippen LogP contribution in [-0.2, 0) is 16.1 Å². The molecule has 0 aliphatic heterocycles. The van der Waals surface area contributed by atoms with Crippen molar-refractivity contribution in [1.82, 2.24) is 10.2 Å². The van der Waals surface area contributed by atoms with Crippen LogP contribution in [0.15, 0.2) is 78.9 Å². The van der Waals surface area contributed by atoms with Gasteiger partial charge < -0.3 is 19.7 Å². The van der Waals surface area contributed by atoms with Gasteiger partial charge in [0.05, 0.1) is 12.1 Å². The Morgan fingerprint density at radius 2 is 1.60 bits per heavy atom. The zero-order valence-electron chi connectivity index (χ0n) is 20.2. The van der Waals surface area contributed by atoms with Gasteiger partial charge in [0, 0.05) is 13.1 Å². The molecule has 0 aliphatic rings. The van der Waals surface area contributed by atoms with Crippen molar-refractivity contribution in [2.24, 2.45) is 5.92 Å². The molecule has 1 atom stereocenters. The molecule has 3 rings (SSSR count). The summed E-state index contributed by atoms with van der Waals surface area (Å²) in [6, 6.07) is 22.8. The van der Waals surface area contributed by atoms with Crippen molar-refractivity contribution in [3.63, 3.8) is 0 Å². The van der Waals surface area contributed by atoms with Crippen molar-refractivity contribution in [2.45, 2.75) is 26.4 Å². The Morgan fingerprint density at radius 1 is 0.943 bits per heavy atom. The highest BCUT2D eigenvalue weighted by Crippen LogP contribution is 2.27. The minimum absolute atomic E-state index is 0.212. The van der Waals surface area contributed by atoms with E-state index in [0.29, 0.717) is 28.6 Å². The van der Waals surface area contributed by atoms with E-state index in [2.05, 4.69) is 5.32 Å². The number of methoxy groups -OCH3 is 1. The summed E-state index contributed by atoms with van der Waals surface area (Å²) in [5.74, 6) is 0.805. The highest BCUT2D eigenvalue weighted by molar-refractivity contribution is 6.32. The number of hydrogen-bond acceptors (Lipinski definition) is 4. The summed E-state index contributed by atoms with van der Waals surface area (Å²) in [5, 5.41) is 3.40. The largest absolute Gasteiger partial charge is 0.497 e. The fourth-order valence-corrected chi connectivity index (χ4v) is 3.74. The molecule has 0 aromatic heterocycles. The Hall–Kier alpha value is -3.51. The first kappa shape index (κ1) is 26.1. The van der Waals surface area contributed by atoms with Crippen LogP contribution < -0.4 is 14.8 Å². The van der Waals surface area contributed by atoms with E-state index in [1.807, 2.05) is 68.4 Å². The smallest absolute Gasteiger partial charge is 0.261 e. The number of nitrogens with zero attached hydrogens (tertiary/aromatic N) is 1. The molecule has 3 aromatic carbocycles. The van der Waals surface area contributed by atoms with Crippen molar-refractivity contribution in [2.75, 3.05) is 20.3 Å². The zero-order valence-corrected chi connectivity index (χ0v) is 21.0. The number of carbonyl (C=O) groups is 2. The predicted octanol–water partition coefficient (Wildman–Crippen LogP) is 5.27. The highest BCUT2D eigenvalue weighted by Gasteiger charge is 2.32. The summed E-state index contributed by atoms with van der Waals surface area (Å²) >= 11 is 6.20. The molecule has 0 saturated carbocycles. The highest BCUT2D eigenvalue weighted by atomic mass is 35.5. The first-order valence-corrected chi connectivity index (χ1v) is 11.9. The number of carbonyl (C=O) groups excluding carboxylic acids is 2. The van der Waals surface area contributed by atoms with Crippen LogP contribution in [0.5, 0.6) is 11.5 Å². The van der Waals surface area contributed by atoms with Crippen LogP contribution in [0.3, 0.4) is 0 Å². The molecule has 0 aliphatic carbocycles. The third-order valence-corrected chi connectivity index (χ3v) is 5.69. The van der Waals surface area contributed by atoms with Gasteiger partial charge in [0.1, 0.15) is 17.5 Å². The maximum Gasteiger partial charge on any atom is 0.261 e. The van der Waals surface area contributed by atoms with E-state index < -0.39 is 6.04 Å². The molecule has 0 unspecified atom stereocenters. The maximum atomic E-state index is 13.6. The molecule has 35 heavy (non-hydrogen) atoms. The summed E-state index contributed by atoms with van der Waals surface area (Å²) in [6.07, 6.45) is 0. The number of nitrogens with one attached hydrogen (secondary N) is 1. The van der Waals surface area contributed by atoms with Gasteiger partial charge in [-0.25, -0.2) is 0 Å². The monoisotopic (exact) mass is 494 g/mol. The SMILES string of the molecule is COc1ccc(CN(C(=O)COc2ccccc2Cl)[C@@H](C(=O)NCC(C)C)c2ccccc2)cc1. The molecule has 3 aromatic rings. The zero-order chi connectivity index (χ0) is 25.2. The van der Waals surface area contributed by atoms with Crippen molar-refractivity contribution in [3.05, 3.63) is 95.0 Å². The fourth-order valence-electron chi connectivity index (χ4n) is 3.54. The van der Waals surface area contributed by atoms with Crippen LogP contribution in [0.4, 0.5) is 0 Å². The Labute approximate surface area is 211 Å². The fraction of sp³-hybridized carbons (Fsp3) is 0.286. The number of ether oxygens (including phenoxy) is 2. The van der Waals surface area contributed by atoms with Crippen LogP contribution in [0.25, 0.3) is 0 Å². The molecular weight excluding hydrogens is 464 g/mol. The summed E-state index contributed by atoms with van der Waals surface area (Å²) in [6.45, 7) is 4.50. The van der Waals surface area contributed by atoms with Crippen molar-refractivity contribution in [3.8, 4) is 11.5 Å². The van der Waals surface area contributed by atoms with Gasteiger partial charge in [-0.05, 0) is 41.3 Å². The average molecular weight is 495 g/mol. The van der Waals surface area contributed by atoms with Crippen molar-refractivity contribution < 1.29 is 19.1 Å². The number of rotatable bonds is 11. The van der Waals surface area contributed by atoms with Gasteiger partial charge in [-0.15, -0.1) is 0 Å². The Morgan fingerprint density at radius 3 is 2.23 bits per heavy atom. The number of amides is 2.